The Morgan fingerprint density at radius 3 is 2.64 bits per heavy atom. The van der Waals surface area contributed by atoms with Crippen LogP contribution in [0, 0.1) is 5.82 Å². The van der Waals surface area contributed by atoms with Crippen LogP contribution in [0.15, 0.2) is 53.3 Å². The molecule has 144 valence electrons. The number of anilines is 1. The van der Waals surface area contributed by atoms with Gasteiger partial charge in [0.2, 0.25) is 0 Å². The lowest BCUT2D eigenvalue weighted by Gasteiger charge is -2.13. The number of carbonyl (C=O) groups is 2. The van der Waals surface area contributed by atoms with E-state index in [1.165, 1.54) is 31.2 Å². The second-order valence-corrected chi connectivity index (χ2v) is 6.16. The van der Waals surface area contributed by atoms with Gasteiger partial charge in [0, 0.05) is 12.1 Å². The van der Waals surface area contributed by atoms with E-state index in [0.717, 1.165) is 0 Å². The molecule has 8 heteroatoms. The standard InChI is InChI=1S/C20H18FN3O4/c1-12(19(26)22-14-8-6-13(21)7-9-14)28-18(25)11-10-17-23-16-5-3-2-4-15(16)20(27)24-17/h2-9,12H,10-11H2,1H3,(H,22,26)(H,23,24,27)/t12-/m1/s1. The molecule has 1 atom stereocenters. The summed E-state index contributed by atoms with van der Waals surface area (Å²) in [4.78, 5) is 43.0. The largest absolute Gasteiger partial charge is 0.453 e. The second-order valence-electron chi connectivity index (χ2n) is 6.16. The number of hydrogen-bond donors (Lipinski definition) is 2. The maximum absolute atomic E-state index is 12.9. The number of nitrogens with zero attached hydrogens (tertiary/aromatic N) is 1. The summed E-state index contributed by atoms with van der Waals surface area (Å²) >= 11 is 0. The predicted octanol–water partition coefficient (Wildman–Crippen LogP) is 2.57. The lowest BCUT2D eigenvalue weighted by molar-refractivity contribution is -0.153. The highest BCUT2D eigenvalue weighted by atomic mass is 19.1. The molecule has 0 radical (unpaired) electrons. The summed E-state index contributed by atoms with van der Waals surface area (Å²) in [5.74, 6) is -1.18. The molecule has 0 aliphatic rings. The fourth-order valence-electron chi connectivity index (χ4n) is 2.56. The van der Waals surface area contributed by atoms with Crippen LogP contribution in [-0.4, -0.2) is 27.9 Å². The number of halogens is 1. The van der Waals surface area contributed by atoms with Crippen molar-refractivity contribution in [2.45, 2.75) is 25.9 Å². The van der Waals surface area contributed by atoms with E-state index >= 15 is 0 Å². The van der Waals surface area contributed by atoms with Crippen LogP contribution in [0.5, 0.6) is 0 Å². The summed E-state index contributed by atoms with van der Waals surface area (Å²) in [6.45, 7) is 1.44. The van der Waals surface area contributed by atoms with Gasteiger partial charge in [0.1, 0.15) is 11.6 Å². The van der Waals surface area contributed by atoms with Crippen molar-refractivity contribution in [1.82, 2.24) is 9.97 Å². The number of carbonyl (C=O) groups excluding carboxylic acids is 2. The predicted molar refractivity (Wildman–Crippen MR) is 101 cm³/mol. The number of aryl methyl sites for hydroxylation is 1. The molecule has 0 spiro atoms. The Labute approximate surface area is 159 Å². The number of rotatable bonds is 6. The first-order chi connectivity index (χ1) is 13.4. The van der Waals surface area contributed by atoms with Crippen molar-refractivity contribution < 1.29 is 18.7 Å². The molecule has 1 amide bonds. The van der Waals surface area contributed by atoms with E-state index in [1.54, 1.807) is 24.3 Å². The van der Waals surface area contributed by atoms with Gasteiger partial charge in [-0.1, -0.05) is 12.1 Å². The summed E-state index contributed by atoms with van der Waals surface area (Å²) in [5, 5.41) is 3.01. The normalized spacial score (nSPS) is 11.8. The van der Waals surface area contributed by atoms with Gasteiger partial charge < -0.3 is 15.0 Å². The maximum atomic E-state index is 12.9. The van der Waals surface area contributed by atoms with Crippen molar-refractivity contribution >= 4 is 28.5 Å². The first-order valence-corrected chi connectivity index (χ1v) is 8.66. The number of hydrogen-bond acceptors (Lipinski definition) is 5. The minimum absolute atomic E-state index is 0.0462. The van der Waals surface area contributed by atoms with Gasteiger partial charge in [0.25, 0.3) is 11.5 Å². The molecule has 0 aliphatic carbocycles. The number of fused-ring (bicyclic) bond motifs is 1. The molecule has 7 nitrogen and oxygen atoms in total. The number of benzene rings is 2. The zero-order valence-electron chi connectivity index (χ0n) is 15.1. The van der Waals surface area contributed by atoms with Gasteiger partial charge >= 0.3 is 5.97 Å². The summed E-state index contributed by atoms with van der Waals surface area (Å²) in [5.41, 5.74) is 0.662. The Bertz CT molecular complexity index is 1060. The average molecular weight is 383 g/mol. The highest BCUT2D eigenvalue weighted by Crippen LogP contribution is 2.10. The molecule has 2 N–H and O–H groups in total. The number of aromatic nitrogens is 2. The van der Waals surface area contributed by atoms with Crippen LogP contribution in [0.4, 0.5) is 10.1 Å². The zero-order valence-corrected chi connectivity index (χ0v) is 15.1. The van der Waals surface area contributed by atoms with Crippen LogP contribution in [0.2, 0.25) is 0 Å². The third-order valence-electron chi connectivity index (χ3n) is 4.02. The van der Waals surface area contributed by atoms with Crippen molar-refractivity contribution in [3.8, 4) is 0 Å². The van der Waals surface area contributed by atoms with Gasteiger partial charge in [0.05, 0.1) is 17.3 Å². The Morgan fingerprint density at radius 1 is 1.18 bits per heavy atom. The van der Waals surface area contributed by atoms with Gasteiger partial charge in [-0.15, -0.1) is 0 Å². The Hall–Kier alpha value is -3.55. The Balaban J connectivity index is 1.54. The van der Waals surface area contributed by atoms with Gasteiger partial charge in [-0.3, -0.25) is 14.4 Å². The van der Waals surface area contributed by atoms with E-state index in [4.69, 9.17) is 4.74 Å². The quantitative estimate of drug-likeness (QED) is 0.637. The number of H-pyrrole nitrogens is 1. The third-order valence-corrected chi connectivity index (χ3v) is 4.02. The number of nitrogens with one attached hydrogen (secondary N) is 2. The van der Waals surface area contributed by atoms with Crippen LogP contribution in [0.25, 0.3) is 10.9 Å². The molecule has 2 aromatic carbocycles. The number of para-hydroxylation sites is 1. The highest BCUT2D eigenvalue weighted by Gasteiger charge is 2.18. The molecule has 3 rings (SSSR count). The van der Waals surface area contributed by atoms with E-state index < -0.39 is 23.8 Å². The van der Waals surface area contributed by atoms with Crippen LogP contribution < -0.4 is 10.9 Å². The Kier molecular flexibility index (Phi) is 5.78. The summed E-state index contributed by atoms with van der Waals surface area (Å²) < 4.78 is 18.0. The summed E-state index contributed by atoms with van der Waals surface area (Å²) in [7, 11) is 0. The van der Waals surface area contributed by atoms with Crippen molar-refractivity contribution in [3.05, 3.63) is 70.5 Å². The van der Waals surface area contributed by atoms with Crippen LogP contribution in [0.1, 0.15) is 19.2 Å². The van der Waals surface area contributed by atoms with E-state index in [-0.39, 0.29) is 18.4 Å². The van der Waals surface area contributed by atoms with E-state index in [9.17, 15) is 18.8 Å². The van der Waals surface area contributed by atoms with Gasteiger partial charge in [0.15, 0.2) is 6.10 Å². The second kappa shape index (κ2) is 8.43. The number of ether oxygens (including phenoxy) is 1. The van der Waals surface area contributed by atoms with Crippen LogP contribution in [0.3, 0.4) is 0 Å². The molecule has 0 aliphatic heterocycles. The van der Waals surface area contributed by atoms with Crippen molar-refractivity contribution in [3.63, 3.8) is 0 Å². The SMILES string of the molecule is C[C@@H](OC(=O)CCc1nc2ccccc2c(=O)[nH]1)C(=O)Nc1ccc(F)cc1. The molecule has 0 fully saturated rings. The van der Waals surface area contributed by atoms with Gasteiger partial charge in [-0.05, 0) is 43.3 Å². The molecule has 1 aromatic heterocycles. The minimum atomic E-state index is -1.03. The smallest absolute Gasteiger partial charge is 0.307 e. The van der Waals surface area contributed by atoms with Crippen molar-refractivity contribution in [2.24, 2.45) is 0 Å². The first-order valence-electron chi connectivity index (χ1n) is 8.66. The monoisotopic (exact) mass is 383 g/mol. The number of esters is 1. The lowest BCUT2D eigenvalue weighted by Crippen LogP contribution is -2.30. The molecule has 0 saturated heterocycles. The molecule has 0 bridgehead atoms. The molecule has 3 aromatic rings. The molecule has 28 heavy (non-hydrogen) atoms. The van der Waals surface area contributed by atoms with E-state index in [1.807, 2.05) is 0 Å². The summed E-state index contributed by atoms with van der Waals surface area (Å²) in [6.07, 6.45) is -0.901. The Morgan fingerprint density at radius 2 is 1.89 bits per heavy atom. The van der Waals surface area contributed by atoms with Crippen LogP contribution in [-0.2, 0) is 20.7 Å². The molecule has 0 unspecified atom stereocenters. The molecule has 1 heterocycles. The fourth-order valence-corrected chi connectivity index (χ4v) is 2.56. The number of amides is 1. The molecular weight excluding hydrogens is 365 g/mol. The molecule has 0 saturated carbocycles. The highest BCUT2D eigenvalue weighted by molar-refractivity contribution is 5.95. The first kappa shape index (κ1) is 19.2. The molecular formula is C20H18FN3O4. The fraction of sp³-hybridized carbons (Fsp3) is 0.200. The van der Waals surface area contributed by atoms with Gasteiger partial charge in [-0.25, -0.2) is 9.37 Å². The van der Waals surface area contributed by atoms with Crippen LogP contribution >= 0.6 is 0 Å². The van der Waals surface area contributed by atoms with Crippen molar-refractivity contribution in [1.29, 1.82) is 0 Å². The average Bonchev–Trinajstić information content (AvgIpc) is 2.68. The third kappa shape index (κ3) is 4.79. The minimum Gasteiger partial charge on any atom is -0.453 e. The zero-order chi connectivity index (χ0) is 20.1. The maximum Gasteiger partial charge on any atom is 0.307 e. The van der Waals surface area contributed by atoms with Gasteiger partial charge in [-0.2, -0.15) is 0 Å². The summed E-state index contributed by atoms with van der Waals surface area (Å²) in [6, 6.07) is 12.1. The van der Waals surface area contributed by atoms with E-state index in [2.05, 4.69) is 15.3 Å². The van der Waals surface area contributed by atoms with E-state index in [0.29, 0.717) is 22.4 Å². The number of aromatic amines is 1. The topological polar surface area (TPSA) is 101 Å². The lowest BCUT2D eigenvalue weighted by atomic mass is 10.2. The van der Waals surface area contributed by atoms with Crippen molar-refractivity contribution in [2.75, 3.05) is 5.32 Å².